The molecule has 0 bridgehead atoms. The Kier molecular flexibility index (Phi) is 3.54. The normalized spacial score (nSPS) is 30.3. The van der Waals surface area contributed by atoms with Crippen LogP contribution in [0.4, 0.5) is 0 Å². The summed E-state index contributed by atoms with van der Waals surface area (Å²) in [6.45, 7) is 6.80. The summed E-state index contributed by atoms with van der Waals surface area (Å²) in [6, 6.07) is 1.32. The monoisotopic (exact) mass is 267 g/mol. The number of aromatic amines is 1. The van der Waals surface area contributed by atoms with Gasteiger partial charge in [0.2, 0.25) is 0 Å². The molecule has 2 fully saturated rings. The predicted molar refractivity (Wildman–Crippen MR) is 74.0 cm³/mol. The van der Waals surface area contributed by atoms with Gasteiger partial charge in [-0.2, -0.15) is 0 Å². The fourth-order valence-electron chi connectivity index (χ4n) is 3.24. The van der Waals surface area contributed by atoms with E-state index in [0.29, 0.717) is 6.04 Å². The zero-order valence-corrected chi connectivity index (χ0v) is 11.7. The summed E-state index contributed by atoms with van der Waals surface area (Å²) in [4.78, 5) is 19.3. The highest BCUT2D eigenvalue weighted by Crippen LogP contribution is 2.24. The van der Waals surface area contributed by atoms with Crippen molar-refractivity contribution in [3.8, 4) is 0 Å². The molecule has 3 rings (SSSR count). The molecule has 1 aromatic rings. The highest BCUT2D eigenvalue weighted by molar-refractivity contribution is 7.07. The highest BCUT2D eigenvalue weighted by atomic mass is 32.1. The summed E-state index contributed by atoms with van der Waals surface area (Å²) in [5.74, 6) is 0. The molecule has 18 heavy (non-hydrogen) atoms. The first-order valence-corrected chi connectivity index (χ1v) is 7.75. The van der Waals surface area contributed by atoms with Gasteiger partial charge in [-0.1, -0.05) is 17.8 Å². The van der Waals surface area contributed by atoms with E-state index in [1.165, 1.54) is 43.7 Å². The molecule has 4 nitrogen and oxygen atoms in total. The fourth-order valence-corrected chi connectivity index (χ4v) is 3.82. The number of nitrogens with zero attached hydrogens (tertiary/aromatic N) is 2. The average Bonchev–Trinajstić information content (AvgIpc) is 2.76. The molecule has 2 aliphatic heterocycles. The lowest BCUT2D eigenvalue weighted by atomic mass is 9.97. The van der Waals surface area contributed by atoms with Crippen molar-refractivity contribution in [3.63, 3.8) is 0 Å². The number of thiazole rings is 1. The van der Waals surface area contributed by atoms with Crippen molar-refractivity contribution in [2.45, 2.75) is 44.8 Å². The summed E-state index contributed by atoms with van der Waals surface area (Å²) in [6.07, 6.45) is 4.07. The van der Waals surface area contributed by atoms with E-state index in [2.05, 4.69) is 21.7 Å². The lowest BCUT2D eigenvalue weighted by Gasteiger charge is -2.47. The van der Waals surface area contributed by atoms with Gasteiger partial charge in [0.1, 0.15) is 0 Å². The Morgan fingerprint density at radius 1 is 1.44 bits per heavy atom. The number of nitrogens with one attached hydrogen (secondary N) is 1. The molecule has 2 atom stereocenters. The van der Waals surface area contributed by atoms with E-state index in [9.17, 15) is 4.79 Å². The maximum absolute atomic E-state index is 11.2. The van der Waals surface area contributed by atoms with E-state index in [1.807, 2.05) is 5.38 Å². The van der Waals surface area contributed by atoms with E-state index in [4.69, 9.17) is 0 Å². The van der Waals surface area contributed by atoms with Crippen LogP contribution in [-0.4, -0.2) is 46.5 Å². The fraction of sp³-hybridized carbons (Fsp3) is 0.769. The smallest absolute Gasteiger partial charge is 0.304 e. The number of aromatic nitrogens is 1. The Morgan fingerprint density at radius 2 is 2.33 bits per heavy atom. The molecule has 0 saturated carbocycles. The standard InChI is InChI=1S/C13H21N3OS/c1-10-6-15-5-3-2-4-12(15)8-16(10)7-11-9-18-13(17)14-11/h9-10,12H,2-8H2,1H3,(H,14,17). The molecule has 1 N–H and O–H groups in total. The molecule has 2 unspecified atom stereocenters. The summed E-state index contributed by atoms with van der Waals surface area (Å²) in [5.41, 5.74) is 1.07. The van der Waals surface area contributed by atoms with Crippen LogP contribution in [0.2, 0.25) is 0 Å². The zero-order chi connectivity index (χ0) is 12.5. The molecule has 0 aromatic carbocycles. The summed E-state index contributed by atoms with van der Waals surface area (Å²) >= 11 is 1.27. The second-order valence-corrected chi connectivity index (χ2v) is 6.44. The number of rotatable bonds is 2. The van der Waals surface area contributed by atoms with E-state index >= 15 is 0 Å². The Morgan fingerprint density at radius 3 is 3.11 bits per heavy atom. The number of piperazine rings is 1. The van der Waals surface area contributed by atoms with Crippen molar-refractivity contribution in [2.75, 3.05) is 19.6 Å². The van der Waals surface area contributed by atoms with E-state index in [-0.39, 0.29) is 4.87 Å². The SMILES string of the molecule is CC1CN2CCCCC2CN1Cc1csc(=O)[nH]1. The van der Waals surface area contributed by atoms with E-state index in [0.717, 1.165) is 24.8 Å². The average molecular weight is 267 g/mol. The summed E-state index contributed by atoms with van der Waals surface area (Å²) in [5, 5.41) is 1.96. The van der Waals surface area contributed by atoms with Crippen LogP contribution >= 0.6 is 11.3 Å². The van der Waals surface area contributed by atoms with Crippen LogP contribution in [0.1, 0.15) is 31.9 Å². The van der Waals surface area contributed by atoms with Gasteiger partial charge >= 0.3 is 4.87 Å². The van der Waals surface area contributed by atoms with Crippen molar-refractivity contribution in [1.82, 2.24) is 14.8 Å². The summed E-state index contributed by atoms with van der Waals surface area (Å²) < 4.78 is 0. The third-order valence-corrected chi connectivity index (χ3v) is 4.98. The predicted octanol–water partition coefficient (Wildman–Crippen LogP) is 1.49. The maximum atomic E-state index is 11.2. The molecular weight excluding hydrogens is 246 g/mol. The lowest BCUT2D eigenvalue weighted by molar-refractivity contribution is 0.0105. The van der Waals surface area contributed by atoms with Crippen LogP contribution in [0.15, 0.2) is 10.2 Å². The van der Waals surface area contributed by atoms with Gasteiger partial charge in [0.05, 0.1) is 0 Å². The van der Waals surface area contributed by atoms with Gasteiger partial charge in [-0.3, -0.25) is 14.6 Å². The molecule has 2 saturated heterocycles. The first-order valence-electron chi connectivity index (χ1n) is 6.87. The van der Waals surface area contributed by atoms with Crippen molar-refractivity contribution in [1.29, 1.82) is 0 Å². The van der Waals surface area contributed by atoms with Crippen LogP contribution in [-0.2, 0) is 6.54 Å². The topological polar surface area (TPSA) is 39.3 Å². The summed E-state index contributed by atoms with van der Waals surface area (Å²) in [7, 11) is 0. The van der Waals surface area contributed by atoms with Crippen molar-refractivity contribution in [2.24, 2.45) is 0 Å². The van der Waals surface area contributed by atoms with Gasteiger partial charge in [0.15, 0.2) is 0 Å². The Balaban J connectivity index is 1.67. The number of piperidine rings is 1. The number of H-pyrrole nitrogens is 1. The minimum atomic E-state index is 0.0638. The maximum Gasteiger partial charge on any atom is 0.304 e. The molecule has 3 heterocycles. The zero-order valence-electron chi connectivity index (χ0n) is 10.9. The second-order valence-electron chi connectivity index (χ2n) is 5.60. The van der Waals surface area contributed by atoms with Gasteiger partial charge in [-0.25, -0.2) is 0 Å². The van der Waals surface area contributed by atoms with Gasteiger partial charge < -0.3 is 4.98 Å². The molecule has 0 amide bonds. The van der Waals surface area contributed by atoms with Gasteiger partial charge in [-0.15, -0.1) is 0 Å². The van der Waals surface area contributed by atoms with Gasteiger partial charge in [0.25, 0.3) is 0 Å². The highest BCUT2D eigenvalue weighted by Gasteiger charge is 2.32. The molecule has 5 heteroatoms. The van der Waals surface area contributed by atoms with E-state index < -0.39 is 0 Å². The molecule has 0 spiro atoms. The Hall–Kier alpha value is -0.650. The van der Waals surface area contributed by atoms with Crippen molar-refractivity contribution < 1.29 is 0 Å². The molecule has 100 valence electrons. The molecule has 0 aliphatic carbocycles. The molecular formula is C13H21N3OS. The molecule has 2 aliphatic rings. The number of hydrogen-bond donors (Lipinski definition) is 1. The van der Waals surface area contributed by atoms with Crippen LogP contribution in [0.25, 0.3) is 0 Å². The Labute approximate surface area is 112 Å². The first-order chi connectivity index (χ1) is 8.72. The van der Waals surface area contributed by atoms with E-state index in [1.54, 1.807) is 0 Å². The van der Waals surface area contributed by atoms with Gasteiger partial charge in [0, 0.05) is 42.8 Å². The second kappa shape index (κ2) is 5.15. The third kappa shape index (κ3) is 2.53. The third-order valence-electron chi connectivity index (χ3n) is 4.26. The minimum Gasteiger partial charge on any atom is -0.315 e. The lowest BCUT2D eigenvalue weighted by Crippen LogP contribution is -2.58. The van der Waals surface area contributed by atoms with Crippen molar-refractivity contribution >= 4 is 11.3 Å². The number of hydrogen-bond acceptors (Lipinski definition) is 4. The first kappa shape index (κ1) is 12.4. The quantitative estimate of drug-likeness (QED) is 0.882. The van der Waals surface area contributed by atoms with Gasteiger partial charge in [-0.05, 0) is 26.3 Å². The molecule has 1 aromatic heterocycles. The molecule has 0 radical (unpaired) electrons. The van der Waals surface area contributed by atoms with Crippen LogP contribution in [0.3, 0.4) is 0 Å². The van der Waals surface area contributed by atoms with Crippen LogP contribution < -0.4 is 4.87 Å². The van der Waals surface area contributed by atoms with Crippen molar-refractivity contribution in [3.05, 3.63) is 20.7 Å². The largest absolute Gasteiger partial charge is 0.315 e. The van der Waals surface area contributed by atoms with Crippen LogP contribution in [0, 0.1) is 0 Å². The van der Waals surface area contributed by atoms with Crippen LogP contribution in [0.5, 0.6) is 0 Å². The number of fused-ring (bicyclic) bond motifs is 1. The Bertz CT molecular complexity index is 455. The minimum absolute atomic E-state index is 0.0638.